The number of ketones is 1. The maximum absolute atomic E-state index is 11.8. The second-order valence-corrected chi connectivity index (χ2v) is 4.76. The van der Waals surface area contributed by atoms with Gasteiger partial charge < -0.3 is 4.90 Å². The van der Waals surface area contributed by atoms with Crippen molar-refractivity contribution in [2.24, 2.45) is 0 Å². The first kappa shape index (κ1) is 11.3. The molecule has 0 atom stereocenters. The molecule has 16 heavy (non-hydrogen) atoms. The van der Waals surface area contributed by atoms with Crippen molar-refractivity contribution in [2.75, 3.05) is 13.1 Å². The van der Waals surface area contributed by atoms with Crippen LogP contribution in [0.3, 0.4) is 0 Å². The molecule has 2 rings (SSSR count). The SMILES string of the molecule is O=C(CN1CCCC1=O)c1ccc(Br)cc1. The smallest absolute Gasteiger partial charge is 0.223 e. The molecule has 4 heteroatoms. The maximum atomic E-state index is 11.8. The lowest BCUT2D eigenvalue weighted by Gasteiger charge is -2.14. The van der Waals surface area contributed by atoms with E-state index in [-0.39, 0.29) is 18.2 Å². The molecule has 0 N–H and O–H groups in total. The van der Waals surface area contributed by atoms with Crippen LogP contribution in [0.1, 0.15) is 23.2 Å². The van der Waals surface area contributed by atoms with Crippen LogP contribution in [0.4, 0.5) is 0 Å². The monoisotopic (exact) mass is 281 g/mol. The van der Waals surface area contributed by atoms with E-state index in [0.717, 1.165) is 10.9 Å². The average Bonchev–Trinajstić information content (AvgIpc) is 2.65. The summed E-state index contributed by atoms with van der Waals surface area (Å²) in [6.07, 6.45) is 1.44. The third-order valence-electron chi connectivity index (χ3n) is 2.67. The Labute approximate surface area is 103 Å². The molecule has 1 fully saturated rings. The van der Waals surface area contributed by atoms with E-state index in [1.807, 2.05) is 12.1 Å². The summed E-state index contributed by atoms with van der Waals surface area (Å²) >= 11 is 3.32. The van der Waals surface area contributed by atoms with Crippen molar-refractivity contribution in [3.63, 3.8) is 0 Å². The third-order valence-corrected chi connectivity index (χ3v) is 3.20. The van der Waals surface area contributed by atoms with Gasteiger partial charge in [-0.2, -0.15) is 0 Å². The van der Waals surface area contributed by atoms with Crippen molar-refractivity contribution < 1.29 is 9.59 Å². The van der Waals surface area contributed by atoms with E-state index in [0.29, 0.717) is 18.5 Å². The second kappa shape index (κ2) is 4.78. The Morgan fingerprint density at radius 3 is 2.56 bits per heavy atom. The summed E-state index contributed by atoms with van der Waals surface area (Å²) in [5.74, 6) is 0.0909. The molecule has 84 valence electrons. The molecule has 0 saturated carbocycles. The van der Waals surface area contributed by atoms with Crippen molar-refractivity contribution in [1.82, 2.24) is 4.90 Å². The normalized spacial score (nSPS) is 15.6. The quantitative estimate of drug-likeness (QED) is 0.797. The second-order valence-electron chi connectivity index (χ2n) is 3.85. The van der Waals surface area contributed by atoms with Gasteiger partial charge in [0.1, 0.15) is 0 Å². The lowest BCUT2D eigenvalue weighted by atomic mass is 10.1. The van der Waals surface area contributed by atoms with Gasteiger partial charge in [-0.25, -0.2) is 0 Å². The average molecular weight is 282 g/mol. The fraction of sp³-hybridized carbons (Fsp3) is 0.333. The first-order chi connectivity index (χ1) is 7.66. The van der Waals surface area contributed by atoms with Crippen molar-refractivity contribution in [2.45, 2.75) is 12.8 Å². The van der Waals surface area contributed by atoms with Crippen LogP contribution in [0.5, 0.6) is 0 Å². The summed E-state index contributed by atoms with van der Waals surface area (Å²) < 4.78 is 0.946. The van der Waals surface area contributed by atoms with Crippen LogP contribution >= 0.6 is 15.9 Å². The molecule has 1 amide bonds. The molecule has 1 aliphatic rings. The summed E-state index contributed by atoms with van der Waals surface area (Å²) in [4.78, 5) is 24.8. The predicted octanol–water partition coefficient (Wildman–Crippen LogP) is 2.25. The Morgan fingerprint density at radius 2 is 2.00 bits per heavy atom. The maximum Gasteiger partial charge on any atom is 0.223 e. The zero-order valence-corrected chi connectivity index (χ0v) is 10.4. The highest BCUT2D eigenvalue weighted by Gasteiger charge is 2.22. The zero-order chi connectivity index (χ0) is 11.5. The highest BCUT2D eigenvalue weighted by atomic mass is 79.9. The zero-order valence-electron chi connectivity index (χ0n) is 8.78. The number of rotatable bonds is 3. The number of hydrogen-bond donors (Lipinski definition) is 0. The molecule has 0 unspecified atom stereocenters. The number of amides is 1. The molecule has 0 aromatic heterocycles. The van der Waals surface area contributed by atoms with Gasteiger partial charge in [-0.3, -0.25) is 9.59 Å². The summed E-state index contributed by atoms with van der Waals surface area (Å²) in [5.41, 5.74) is 0.655. The van der Waals surface area contributed by atoms with E-state index < -0.39 is 0 Å². The van der Waals surface area contributed by atoms with E-state index in [2.05, 4.69) is 15.9 Å². The van der Waals surface area contributed by atoms with Gasteiger partial charge in [0.25, 0.3) is 0 Å². The van der Waals surface area contributed by atoms with E-state index in [1.54, 1.807) is 17.0 Å². The molecular weight excluding hydrogens is 270 g/mol. The largest absolute Gasteiger partial charge is 0.335 e. The standard InChI is InChI=1S/C12H12BrNO2/c13-10-5-3-9(4-6-10)11(15)8-14-7-1-2-12(14)16/h3-6H,1-2,7-8H2. The van der Waals surface area contributed by atoms with Crippen LogP contribution in [-0.2, 0) is 4.79 Å². The Morgan fingerprint density at radius 1 is 1.31 bits per heavy atom. The Balaban J connectivity index is 2.02. The fourth-order valence-corrected chi connectivity index (χ4v) is 2.04. The van der Waals surface area contributed by atoms with E-state index in [4.69, 9.17) is 0 Å². The van der Waals surface area contributed by atoms with Gasteiger partial charge in [0.15, 0.2) is 5.78 Å². The molecule has 1 heterocycles. The number of benzene rings is 1. The molecule has 0 aliphatic carbocycles. The molecule has 0 bridgehead atoms. The van der Waals surface area contributed by atoms with Crippen molar-refractivity contribution >= 4 is 27.6 Å². The third kappa shape index (κ3) is 2.50. The minimum absolute atomic E-state index is 0.00255. The summed E-state index contributed by atoms with van der Waals surface area (Å²) in [6.45, 7) is 0.918. The van der Waals surface area contributed by atoms with Gasteiger partial charge in [0.2, 0.25) is 5.91 Å². The molecular formula is C12H12BrNO2. The molecule has 3 nitrogen and oxygen atoms in total. The van der Waals surface area contributed by atoms with Crippen LogP contribution < -0.4 is 0 Å². The Bertz CT molecular complexity index is 414. The number of carbonyl (C=O) groups excluding carboxylic acids is 2. The number of likely N-dealkylation sites (tertiary alicyclic amines) is 1. The van der Waals surface area contributed by atoms with Crippen LogP contribution in [0.15, 0.2) is 28.7 Å². The van der Waals surface area contributed by atoms with Gasteiger partial charge in [-0.1, -0.05) is 28.1 Å². The van der Waals surface area contributed by atoms with Gasteiger partial charge in [-0.15, -0.1) is 0 Å². The lowest BCUT2D eigenvalue weighted by Crippen LogP contribution is -2.30. The van der Waals surface area contributed by atoms with E-state index >= 15 is 0 Å². The molecule has 1 aromatic rings. The summed E-state index contributed by atoms with van der Waals surface area (Å²) in [7, 11) is 0. The Kier molecular flexibility index (Phi) is 3.39. The highest BCUT2D eigenvalue weighted by Crippen LogP contribution is 2.13. The van der Waals surface area contributed by atoms with Gasteiger partial charge >= 0.3 is 0 Å². The van der Waals surface area contributed by atoms with Crippen molar-refractivity contribution in [3.05, 3.63) is 34.3 Å². The van der Waals surface area contributed by atoms with Crippen LogP contribution in [0.25, 0.3) is 0 Å². The topological polar surface area (TPSA) is 37.4 Å². The van der Waals surface area contributed by atoms with E-state index in [9.17, 15) is 9.59 Å². The first-order valence-electron chi connectivity index (χ1n) is 5.23. The number of carbonyl (C=O) groups is 2. The van der Waals surface area contributed by atoms with Crippen LogP contribution in [0.2, 0.25) is 0 Å². The molecule has 0 radical (unpaired) electrons. The number of halogens is 1. The predicted molar refractivity (Wildman–Crippen MR) is 64.3 cm³/mol. The molecule has 1 aliphatic heterocycles. The minimum atomic E-state index is 0.00255. The van der Waals surface area contributed by atoms with Crippen molar-refractivity contribution in [3.8, 4) is 0 Å². The molecule has 1 aromatic carbocycles. The van der Waals surface area contributed by atoms with Gasteiger partial charge in [0.05, 0.1) is 6.54 Å². The highest BCUT2D eigenvalue weighted by molar-refractivity contribution is 9.10. The summed E-state index contributed by atoms with van der Waals surface area (Å²) in [6, 6.07) is 7.21. The number of Topliss-reactive ketones (excluding diaryl/α,β-unsaturated/α-hetero) is 1. The van der Waals surface area contributed by atoms with E-state index in [1.165, 1.54) is 0 Å². The minimum Gasteiger partial charge on any atom is -0.335 e. The molecule has 1 saturated heterocycles. The Hall–Kier alpha value is -1.16. The number of nitrogens with zero attached hydrogens (tertiary/aromatic N) is 1. The van der Waals surface area contributed by atoms with Crippen molar-refractivity contribution in [1.29, 1.82) is 0 Å². The number of hydrogen-bond acceptors (Lipinski definition) is 2. The van der Waals surface area contributed by atoms with Crippen LogP contribution in [-0.4, -0.2) is 29.7 Å². The van der Waals surface area contributed by atoms with Gasteiger partial charge in [-0.05, 0) is 18.6 Å². The van der Waals surface area contributed by atoms with Crippen LogP contribution in [0, 0.1) is 0 Å². The fourth-order valence-electron chi connectivity index (χ4n) is 1.77. The lowest BCUT2D eigenvalue weighted by molar-refractivity contribution is -0.127. The summed E-state index contributed by atoms with van der Waals surface area (Å²) in [5, 5.41) is 0. The van der Waals surface area contributed by atoms with Gasteiger partial charge in [0, 0.05) is 23.0 Å². The molecule has 0 spiro atoms. The first-order valence-corrected chi connectivity index (χ1v) is 6.02.